The lowest BCUT2D eigenvalue weighted by molar-refractivity contribution is -0.319. The van der Waals surface area contributed by atoms with Crippen LogP contribution >= 0.6 is 0 Å². The second kappa shape index (κ2) is 23.8. The first kappa shape index (κ1) is 50.2. The molecule has 9 N–H and O–H groups in total. The van der Waals surface area contributed by atoms with Gasteiger partial charge in [0, 0.05) is 76.3 Å². The van der Waals surface area contributed by atoms with Gasteiger partial charge in [-0.3, -0.25) is 19.2 Å². The van der Waals surface area contributed by atoms with Gasteiger partial charge < -0.3 is 70.7 Å². The molecule has 0 bridgehead atoms. The maximum atomic E-state index is 13.7. The highest BCUT2D eigenvalue weighted by Crippen LogP contribution is 2.39. The summed E-state index contributed by atoms with van der Waals surface area (Å²) in [7, 11) is 0. The van der Waals surface area contributed by atoms with Crippen LogP contribution < -0.4 is 26.6 Å². The number of hydrogen-bond donors (Lipinski definition) is 9. The third-order valence-corrected chi connectivity index (χ3v) is 11.3. The molecule has 338 valence electrons. The summed E-state index contributed by atoms with van der Waals surface area (Å²) < 4.78 is 30.8. The molecule has 3 rings (SSSR count). The van der Waals surface area contributed by atoms with Gasteiger partial charge in [-0.05, 0) is 52.4 Å². The first-order chi connectivity index (χ1) is 27.8. The fourth-order valence-corrected chi connectivity index (χ4v) is 7.64. The molecule has 2 saturated heterocycles. The third kappa shape index (κ3) is 16.0. The Kier molecular flexibility index (Phi) is 20.2. The molecule has 2 aliphatic heterocycles. The normalized spacial score (nSPS) is 31.4. The Bertz CT molecular complexity index is 1400. The molecule has 3 fully saturated rings. The average molecular weight is 842 g/mol. The molecule has 18 nitrogen and oxygen atoms in total. The molecule has 0 aromatic carbocycles. The second-order valence-corrected chi connectivity index (χ2v) is 17.3. The predicted octanol–water partition coefficient (Wildman–Crippen LogP) is -0.457. The minimum absolute atomic E-state index is 0.0467. The lowest BCUT2D eigenvalue weighted by atomic mass is 9.75. The van der Waals surface area contributed by atoms with Gasteiger partial charge in [0.05, 0.1) is 48.8 Å². The number of terminal acetylenes is 1. The highest BCUT2D eigenvalue weighted by Gasteiger charge is 2.48. The molecule has 0 aromatic rings. The van der Waals surface area contributed by atoms with E-state index in [0.29, 0.717) is 45.4 Å². The maximum absolute atomic E-state index is 13.7. The summed E-state index contributed by atoms with van der Waals surface area (Å²) in [5, 5.41) is 55.7. The summed E-state index contributed by atoms with van der Waals surface area (Å²) in [5.74, 6) is -1.76. The summed E-state index contributed by atoms with van der Waals surface area (Å²) in [6.07, 6.45) is -1.01. The minimum Gasteiger partial charge on any atom is -0.394 e. The van der Waals surface area contributed by atoms with Gasteiger partial charge in [0.1, 0.15) is 12.2 Å². The Balaban J connectivity index is 1.57. The zero-order valence-corrected chi connectivity index (χ0v) is 35.9. The summed E-state index contributed by atoms with van der Waals surface area (Å²) in [6.45, 7) is 13.6. The summed E-state index contributed by atoms with van der Waals surface area (Å²) in [5.41, 5.74) is -1.27. The van der Waals surface area contributed by atoms with Gasteiger partial charge >= 0.3 is 0 Å². The van der Waals surface area contributed by atoms with Crippen LogP contribution in [0.2, 0.25) is 0 Å². The van der Waals surface area contributed by atoms with Crippen LogP contribution in [0.4, 0.5) is 0 Å². The van der Waals surface area contributed by atoms with Crippen molar-refractivity contribution in [2.45, 2.75) is 167 Å². The van der Waals surface area contributed by atoms with Crippen LogP contribution in [0.5, 0.6) is 0 Å². The van der Waals surface area contributed by atoms with Crippen molar-refractivity contribution in [2.24, 2.45) is 17.3 Å². The molecule has 4 amide bonds. The van der Waals surface area contributed by atoms with Gasteiger partial charge in [0.2, 0.25) is 23.6 Å². The minimum atomic E-state index is -1.32. The highest BCUT2D eigenvalue weighted by atomic mass is 16.7. The van der Waals surface area contributed by atoms with Crippen molar-refractivity contribution in [1.29, 1.82) is 0 Å². The van der Waals surface area contributed by atoms with E-state index in [9.17, 15) is 39.6 Å². The number of hydrogen-bond acceptors (Lipinski definition) is 14. The van der Waals surface area contributed by atoms with Crippen molar-refractivity contribution in [3.63, 3.8) is 0 Å². The number of nitrogens with one attached hydrogen (secondary N) is 5. The Morgan fingerprint density at radius 3 is 2.22 bits per heavy atom. The van der Waals surface area contributed by atoms with E-state index in [1.165, 1.54) is 6.92 Å². The predicted molar refractivity (Wildman–Crippen MR) is 215 cm³/mol. The van der Waals surface area contributed by atoms with Crippen molar-refractivity contribution < 1.29 is 63.3 Å². The number of aliphatic hydroxyl groups excluding tert-OH is 4. The largest absolute Gasteiger partial charge is 0.394 e. The molecule has 2 heterocycles. The Labute approximate surface area is 348 Å². The van der Waals surface area contributed by atoms with E-state index in [2.05, 4.69) is 32.6 Å². The van der Waals surface area contributed by atoms with Crippen LogP contribution in [-0.2, 0) is 42.9 Å². The smallest absolute Gasteiger partial charge is 0.225 e. The lowest BCUT2D eigenvalue weighted by Crippen LogP contribution is -2.59. The monoisotopic (exact) mass is 842 g/mol. The van der Waals surface area contributed by atoms with E-state index < -0.39 is 84.9 Å². The van der Waals surface area contributed by atoms with Gasteiger partial charge in [-0.25, -0.2) is 0 Å². The van der Waals surface area contributed by atoms with Gasteiger partial charge in [-0.1, -0.05) is 33.6 Å². The molecule has 59 heavy (non-hydrogen) atoms. The van der Waals surface area contributed by atoms with Crippen LogP contribution in [0.3, 0.4) is 0 Å². The van der Waals surface area contributed by atoms with Gasteiger partial charge in [0.15, 0.2) is 12.6 Å². The molecule has 0 unspecified atom stereocenters. The fourth-order valence-electron chi connectivity index (χ4n) is 7.64. The van der Waals surface area contributed by atoms with Crippen molar-refractivity contribution >= 4 is 23.6 Å². The van der Waals surface area contributed by atoms with E-state index in [4.69, 9.17) is 30.1 Å². The molecule has 0 radical (unpaired) electrons. The number of carbonyl (C=O) groups is 4. The zero-order chi connectivity index (χ0) is 43.9. The molecular weight excluding hydrogens is 770 g/mol. The Morgan fingerprint density at radius 2 is 1.56 bits per heavy atom. The number of amides is 4. The van der Waals surface area contributed by atoms with Gasteiger partial charge in [-0.2, -0.15) is 0 Å². The van der Waals surface area contributed by atoms with Crippen molar-refractivity contribution in [1.82, 2.24) is 26.6 Å². The van der Waals surface area contributed by atoms with E-state index in [1.54, 1.807) is 6.92 Å². The van der Waals surface area contributed by atoms with Gasteiger partial charge in [-0.15, -0.1) is 0 Å². The molecule has 1 aliphatic carbocycles. The quantitative estimate of drug-likeness (QED) is 0.0380. The molecule has 18 heteroatoms. The Hall–Kier alpha value is -3.12. The van der Waals surface area contributed by atoms with E-state index in [1.807, 2.05) is 34.6 Å². The topological polar surface area (TPSA) is 255 Å². The van der Waals surface area contributed by atoms with E-state index >= 15 is 0 Å². The van der Waals surface area contributed by atoms with Crippen LogP contribution in [-0.4, -0.2) is 150 Å². The van der Waals surface area contributed by atoms with E-state index in [0.717, 1.165) is 0 Å². The van der Waals surface area contributed by atoms with E-state index in [-0.39, 0.29) is 68.3 Å². The second-order valence-electron chi connectivity index (χ2n) is 17.3. The van der Waals surface area contributed by atoms with Crippen LogP contribution in [0.25, 0.3) is 0 Å². The highest BCUT2D eigenvalue weighted by molar-refractivity contribution is 5.81. The van der Waals surface area contributed by atoms with Crippen LogP contribution in [0.1, 0.15) is 99.8 Å². The third-order valence-electron chi connectivity index (χ3n) is 11.3. The maximum Gasteiger partial charge on any atom is 0.225 e. The molecule has 0 spiro atoms. The summed E-state index contributed by atoms with van der Waals surface area (Å²) in [4.78, 5) is 51.1. The number of ether oxygens (including phenoxy) is 5. The first-order valence-corrected chi connectivity index (χ1v) is 21.0. The average Bonchev–Trinajstić information content (AvgIpc) is 3.17. The number of carbonyl (C=O) groups excluding carboxylic acids is 4. The Morgan fingerprint density at radius 1 is 0.864 bits per heavy atom. The molecule has 3 aliphatic rings. The van der Waals surface area contributed by atoms with Crippen LogP contribution in [0.15, 0.2) is 0 Å². The van der Waals surface area contributed by atoms with Crippen molar-refractivity contribution in [3.8, 4) is 12.5 Å². The summed E-state index contributed by atoms with van der Waals surface area (Å²) in [6, 6.07) is 1.53. The molecule has 12 atom stereocenters. The first-order valence-electron chi connectivity index (χ1n) is 21.0. The SMILES string of the molecule is C#CNCCNC(=O)C(C)(C)CCOC(C)(C)CCC(=O)NCCNC(=O)[C@@H]1C[C@H](CC)[C@@H](O[C@@H]2O[C@@H](C)C[C@@H](O)[C@@H]2O)[C@H](O[C@@H]2O[C@H](CO)[C@H](O)C[C@H]2NC(C)=O)C1. The molecule has 1 saturated carbocycles. The number of rotatable bonds is 22. The zero-order valence-electron chi connectivity index (χ0n) is 35.9. The van der Waals surface area contributed by atoms with Gasteiger partial charge in [0.25, 0.3) is 0 Å². The van der Waals surface area contributed by atoms with Crippen molar-refractivity contribution in [3.05, 3.63) is 0 Å². The fraction of sp³-hybridized carbons (Fsp3) is 0.854. The molecular formula is C41H71N5O13. The summed E-state index contributed by atoms with van der Waals surface area (Å²) >= 11 is 0. The number of aliphatic hydroxyl groups is 4. The lowest BCUT2D eigenvalue weighted by Gasteiger charge is -2.47. The standard InChI is InChI=1S/C41H71N5O13/c1-9-26-20-27(36(53)44-17-16-43-33(51)11-12-41(7,8)55-18-13-40(5,6)39(54)45-15-14-42-10-2)21-31(35(26)59-38-34(52)30(50)19-24(3)56-38)57-37-28(46-25(4)48)22-29(49)32(23-47)58-37/h2,24,26-32,34-35,37-38,42,47,49-50,52H,9,11-23H2,1,3-8H3,(H,43,51)(H,44,53)(H,45,54)(H,46,48)/t24-,26-,27+,28+,29+,30+,31+,32+,34-,35+,37+,38-/m0/s1. The van der Waals surface area contributed by atoms with Crippen LogP contribution in [0, 0.1) is 29.7 Å². The molecule has 0 aromatic heterocycles. The van der Waals surface area contributed by atoms with Crippen molar-refractivity contribution in [2.75, 3.05) is 39.4 Å².